The van der Waals surface area contributed by atoms with Gasteiger partial charge in [0.1, 0.15) is 21.9 Å². The molecule has 10 heteroatoms. The Morgan fingerprint density at radius 1 is 1.07 bits per heavy atom. The minimum atomic E-state index is -3.99. The Labute approximate surface area is 180 Å². The number of hydrogen-bond donors (Lipinski definition) is 2. The standard InChI is InChI=1S/C20H13ClN4O3S2/c21-15-10-17-13(8-12(15)11-4-2-1-3-5-11)19(24-23-17)14-9-18(16-6-7-28-25-16)29-20(14)30(22,26)27/h1-10H,(H,23,24)(H2,22,26,27). The van der Waals surface area contributed by atoms with Crippen molar-refractivity contribution >= 4 is 43.9 Å². The molecule has 150 valence electrons. The second-order valence-electron chi connectivity index (χ2n) is 6.56. The first kappa shape index (κ1) is 19.0. The average molecular weight is 457 g/mol. The van der Waals surface area contributed by atoms with E-state index < -0.39 is 10.0 Å². The summed E-state index contributed by atoms with van der Waals surface area (Å²) in [5.74, 6) is 0. The lowest BCUT2D eigenvalue weighted by atomic mass is 10.0. The maximum absolute atomic E-state index is 12.3. The summed E-state index contributed by atoms with van der Waals surface area (Å²) in [4.78, 5) is 0.608. The van der Waals surface area contributed by atoms with E-state index in [0.29, 0.717) is 32.4 Å². The van der Waals surface area contributed by atoms with Gasteiger partial charge >= 0.3 is 0 Å². The van der Waals surface area contributed by atoms with Crippen LogP contribution in [-0.4, -0.2) is 23.8 Å². The molecule has 0 saturated heterocycles. The number of H-pyrrole nitrogens is 1. The highest BCUT2D eigenvalue weighted by Gasteiger charge is 2.25. The van der Waals surface area contributed by atoms with E-state index in [1.165, 1.54) is 6.26 Å². The molecule has 5 aromatic rings. The van der Waals surface area contributed by atoms with Crippen molar-refractivity contribution in [2.24, 2.45) is 5.14 Å². The van der Waals surface area contributed by atoms with Crippen LogP contribution in [0.1, 0.15) is 0 Å². The zero-order valence-corrected chi connectivity index (χ0v) is 17.6. The topological polar surface area (TPSA) is 115 Å². The predicted octanol–water partition coefficient (Wildman–Crippen LogP) is 4.91. The molecule has 0 aliphatic carbocycles. The van der Waals surface area contributed by atoms with Crippen LogP contribution in [0, 0.1) is 0 Å². The lowest BCUT2D eigenvalue weighted by molar-refractivity contribution is 0.422. The molecule has 7 nitrogen and oxygen atoms in total. The first-order chi connectivity index (χ1) is 14.4. The second kappa shape index (κ2) is 7.06. The molecular weight excluding hydrogens is 444 g/mol. The van der Waals surface area contributed by atoms with Gasteiger partial charge in [-0.2, -0.15) is 5.10 Å². The molecule has 5 rings (SSSR count). The summed E-state index contributed by atoms with van der Waals surface area (Å²) in [5.41, 5.74) is 3.82. The van der Waals surface area contributed by atoms with Crippen molar-refractivity contribution in [3.05, 3.63) is 65.9 Å². The molecule has 0 fully saturated rings. The third-order valence-corrected chi connectivity index (χ3v) is 7.59. The van der Waals surface area contributed by atoms with Gasteiger partial charge in [-0.15, -0.1) is 11.3 Å². The predicted molar refractivity (Wildman–Crippen MR) is 117 cm³/mol. The highest BCUT2D eigenvalue weighted by Crippen LogP contribution is 2.42. The van der Waals surface area contributed by atoms with E-state index in [9.17, 15) is 8.42 Å². The monoisotopic (exact) mass is 456 g/mol. The van der Waals surface area contributed by atoms with Crippen molar-refractivity contribution in [2.45, 2.75) is 4.21 Å². The number of nitrogens with two attached hydrogens (primary N) is 1. The van der Waals surface area contributed by atoms with Gasteiger partial charge in [-0.3, -0.25) is 5.10 Å². The van der Waals surface area contributed by atoms with Crippen molar-refractivity contribution in [1.29, 1.82) is 0 Å². The number of aromatic amines is 1. The number of aromatic nitrogens is 3. The van der Waals surface area contributed by atoms with Crippen molar-refractivity contribution in [2.75, 3.05) is 0 Å². The molecule has 0 amide bonds. The lowest BCUT2D eigenvalue weighted by Crippen LogP contribution is -2.11. The maximum atomic E-state index is 12.3. The normalized spacial score (nSPS) is 11.9. The number of thiophene rings is 1. The Morgan fingerprint density at radius 2 is 1.87 bits per heavy atom. The molecule has 3 aromatic heterocycles. The number of sulfonamides is 1. The number of fused-ring (bicyclic) bond motifs is 1. The van der Waals surface area contributed by atoms with Crippen molar-refractivity contribution in [3.8, 4) is 33.0 Å². The summed E-state index contributed by atoms with van der Waals surface area (Å²) in [7, 11) is -3.99. The minimum absolute atomic E-state index is 0.00473. The Bertz CT molecular complexity index is 1470. The third-order valence-electron chi connectivity index (χ3n) is 4.64. The highest BCUT2D eigenvalue weighted by molar-refractivity contribution is 7.91. The van der Waals surface area contributed by atoms with E-state index in [2.05, 4.69) is 15.4 Å². The van der Waals surface area contributed by atoms with Crippen LogP contribution in [0.3, 0.4) is 0 Å². The molecule has 0 saturated carbocycles. The molecule has 30 heavy (non-hydrogen) atoms. The number of benzene rings is 2. The Hall–Kier alpha value is -2.98. The molecule has 0 bridgehead atoms. The van der Waals surface area contributed by atoms with Gasteiger partial charge in [0.05, 0.1) is 15.4 Å². The van der Waals surface area contributed by atoms with Crippen molar-refractivity contribution in [1.82, 2.24) is 15.4 Å². The third kappa shape index (κ3) is 3.21. The molecule has 3 N–H and O–H groups in total. The van der Waals surface area contributed by atoms with E-state index in [1.807, 2.05) is 36.4 Å². The largest absolute Gasteiger partial charge is 0.364 e. The number of primary sulfonamides is 1. The highest BCUT2D eigenvalue weighted by atomic mass is 35.5. The summed E-state index contributed by atoms with van der Waals surface area (Å²) >= 11 is 7.51. The van der Waals surface area contributed by atoms with Gasteiger partial charge in [-0.1, -0.05) is 47.1 Å². The molecule has 0 atom stereocenters. The second-order valence-corrected chi connectivity index (χ2v) is 9.77. The number of halogens is 1. The van der Waals surface area contributed by atoms with Crippen LogP contribution in [0.4, 0.5) is 0 Å². The fourth-order valence-corrected chi connectivity index (χ4v) is 5.62. The summed E-state index contributed by atoms with van der Waals surface area (Å²) in [6.07, 6.45) is 1.42. The molecule has 0 spiro atoms. The number of hydrogen-bond acceptors (Lipinski definition) is 6. The van der Waals surface area contributed by atoms with Crippen LogP contribution in [0.5, 0.6) is 0 Å². The van der Waals surface area contributed by atoms with Crippen LogP contribution >= 0.6 is 22.9 Å². The quantitative estimate of drug-likeness (QED) is 0.398. The zero-order chi connectivity index (χ0) is 20.9. The lowest BCUT2D eigenvalue weighted by Gasteiger charge is -2.06. The van der Waals surface area contributed by atoms with Crippen LogP contribution < -0.4 is 5.14 Å². The van der Waals surface area contributed by atoms with E-state index in [0.717, 1.165) is 27.8 Å². The zero-order valence-electron chi connectivity index (χ0n) is 15.2. The van der Waals surface area contributed by atoms with E-state index in [1.54, 1.807) is 18.2 Å². The van der Waals surface area contributed by atoms with Gasteiger partial charge in [0.25, 0.3) is 0 Å². The Morgan fingerprint density at radius 3 is 2.57 bits per heavy atom. The van der Waals surface area contributed by atoms with Crippen LogP contribution in [0.2, 0.25) is 5.02 Å². The first-order valence-corrected chi connectivity index (χ1v) is 11.5. The van der Waals surface area contributed by atoms with Gasteiger partial charge in [-0.25, -0.2) is 13.6 Å². The van der Waals surface area contributed by atoms with E-state index in [4.69, 9.17) is 21.3 Å². The first-order valence-electron chi connectivity index (χ1n) is 8.72. The van der Waals surface area contributed by atoms with Gasteiger partial charge in [0.15, 0.2) is 0 Å². The summed E-state index contributed by atoms with van der Waals surface area (Å²) in [6.45, 7) is 0. The van der Waals surface area contributed by atoms with Gasteiger partial charge in [-0.05, 0) is 23.8 Å². The molecule has 0 aliphatic heterocycles. The van der Waals surface area contributed by atoms with Crippen LogP contribution in [0.15, 0.2) is 69.6 Å². The average Bonchev–Trinajstić information content (AvgIpc) is 3.46. The fourth-order valence-electron chi connectivity index (χ4n) is 3.30. The summed E-state index contributed by atoms with van der Waals surface area (Å²) in [5, 5.41) is 18.0. The minimum Gasteiger partial charge on any atom is -0.364 e. The van der Waals surface area contributed by atoms with Crippen molar-refractivity contribution in [3.63, 3.8) is 0 Å². The smallest absolute Gasteiger partial charge is 0.248 e. The Kier molecular flexibility index (Phi) is 4.48. The van der Waals surface area contributed by atoms with Crippen LogP contribution in [0.25, 0.3) is 43.9 Å². The van der Waals surface area contributed by atoms with Gasteiger partial charge in [0, 0.05) is 22.6 Å². The van der Waals surface area contributed by atoms with Gasteiger partial charge < -0.3 is 4.52 Å². The molecule has 2 aromatic carbocycles. The number of nitrogens with zero attached hydrogens (tertiary/aromatic N) is 2. The SMILES string of the molecule is NS(=O)(=O)c1sc(-c2ccon2)cc1-c1n[nH]c2cc(Cl)c(-c3ccccc3)cc12. The Balaban J connectivity index is 1.76. The summed E-state index contributed by atoms with van der Waals surface area (Å²) in [6, 6.07) is 16.7. The number of rotatable bonds is 4. The number of nitrogens with one attached hydrogen (secondary N) is 1. The molecule has 0 unspecified atom stereocenters. The van der Waals surface area contributed by atoms with Crippen molar-refractivity contribution < 1.29 is 12.9 Å². The molecule has 0 aliphatic rings. The molecule has 0 radical (unpaired) electrons. The maximum Gasteiger partial charge on any atom is 0.248 e. The fraction of sp³-hybridized carbons (Fsp3) is 0. The van der Waals surface area contributed by atoms with Crippen LogP contribution in [-0.2, 0) is 10.0 Å². The van der Waals surface area contributed by atoms with E-state index in [-0.39, 0.29) is 4.21 Å². The van der Waals surface area contributed by atoms with Gasteiger partial charge in [0.2, 0.25) is 10.0 Å². The molecule has 3 heterocycles. The summed E-state index contributed by atoms with van der Waals surface area (Å²) < 4.78 is 29.5. The van der Waals surface area contributed by atoms with E-state index >= 15 is 0 Å². The molecular formula is C20H13ClN4O3S2.